The van der Waals surface area contributed by atoms with Crippen LogP contribution < -0.4 is 0 Å². The van der Waals surface area contributed by atoms with Gasteiger partial charge in [0.15, 0.2) is 11.4 Å². The summed E-state index contributed by atoms with van der Waals surface area (Å²) in [6, 6.07) is 0. The SMILES string of the molecule is CC(=O)O[C@]1(C(C)=O)CC[C@H]2[C@@H]3C[C@H](C)C4CC(=O)[C@@H]5C[C@@H]5[C@@H]4C3CC[C@@]21C. The van der Waals surface area contributed by atoms with Gasteiger partial charge in [-0.3, -0.25) is 14.4 Å². The Labute approximate surface area is 168 Å². The maximum atomic E-state index is 12.8. The lowest BCUT2D eigenvalue weighted by Crippen LogP contribution is -2.58. The van der Waals surface area contributed by atoms with Crippen molar-refractivity contribution in [2.75, 3.05) is 0 Å². The van der Waals surface area contributed by atoms with Crippen LogP contribution in [-0.4, -0.2) is 23.1 Å². The topological polar surface area (TPSA) is 60.4 Å². The Morgan fingerprint density at radius 3 is 2.43 bits per heavy atom. The van der Waals surface area contributed by atoms with E-state index in [1.54, 1.807) is 6.92 Å². The van der Waals surface area contributed by atoms with Crippen LogP contribution in [0.3, 0.4) is 0 Å². The molecule has 10 atom stereocenters. The van der Waals surface area contributed by atoms with E-state index in [0.29, 0.717) is 59.5 Å². The third-order valence-electron chi connectivity index (χ3n) is 10.0. The molecular formula is C24H34O4. The zero-order chi connectivity index (χ0) is 20.0. The van der Waals surface area contributed by atoms with Crippen LogP contribution >= 0.6 is 0 Å². The molecule has 28 heavy (non-hydrogen) atoms. The molecular weight excluding hydrogens is 352 g/mol. The van der Waals surface area contributed by atoms with E-state index in [0.717, 1.165) is 32.1 Å². The molecule has 0 aromatic heterocycles. The van der Waals surface area contributed by atoms with E-state index < -0.39 is 5.60 Å². The first-order valence-electron chi connectivity index (χ1n) is 11.4. The number of rotatable bonds is 2. The minimum absolute atomic E-state index is 0.0263. The number of carbonyl (C=O) groups is 3. The van der Waals surface area contributed by atoms with E-state index in [2.05, 4.69) is 13.8 Å². The molecule has 5 aliphatic rings. The van der Waals surface area contributed by atoms with E-state index in [1.165, 1.54) is 13.3 Å². The number of hydrogen-bond acceptors (Lipinski definition) is 4. The highest BCUT2D eigenvalue weighted by Crippen LogP contribution is 2.70. The average Bonchev–Trinajstić information content (AvgIpc) is 3.35. The third kappa shape index (κ3) is 2.26. The van der Waals surface area contributed by atoms with Crippen LogP contribution in [0.15, 0.2) is 0 Å². The Hall–Kier alpha value is -1.19. The Morgan fingerprint density at radius 2 is 1.75 bits per heavy atom. The summed E-state index contributed by atoms with van der Waals surface area (Å²) in [7, 11) is 0. The average molecular weight is 387 g/mol. The summed E-state index contributed by atoms with van der Waals surface area (Å²) in [6.45, 7) is 7.64. The number of ether oxygens (including phenoxy) is 1. The minimum atomic E-state index is -0.931. The van der Waals surface area contributed by atoms with Gasteiger partial charge in [-0.1, -0.05) is 13.8 Å². The fraction of sp³-hybridized carbons (Fsp3) is 0.875. The summed E-state index contributed by atoms with van der Waals surface area (Å²) in [4.78, 5) is 37.1. The molecule has 5 fully saturated rings. The Morgan fingerprint density at radius 1 is 1.00 bits per heavy atom. The van der Waals surface area contributed by atoms with Crippen molar-refractivity contribution < 1.29 is 19.1 Å². The quantitative estimate of drug-likeness (QED) is 0.667. The second-order valence-electron chi connectivity index (χ2n) is 11.0. The summed E-state index contributed by atoms with van der Waals surface area (Å²) >= 11 is 0. The third-order valence-corrected chi connectivity index (χ3v) is 10.0. The van der Waals surface area contributed by atoms with E-state index in [9.17, 15) is 14.4 Å². The molecule has 0 aromatic carbocycles. The molecule has 0 aromatic rings. The van der Waals surface area contributed by atoms with Crippen molar-refractivity contribution in [3.63, 3.8) is 0 Å². The first-order chi connectivity index (χ1) is 13.2. The van der Waals surface area contributed by atoms with Crippen molar-refractivity contribution in [3.8, 4) is 0 Å². The minimum Gasteiger partial charge on any atom is -0.451 e. The van der Waals surface area contributed by atoms with Gasteiger partial charge in [-0.2, -0.15) is 0 Å². The highest BCUT2D eigenvalue weighted by Gasteiger charge is 2.69. The van der Waals surface area contributed by atoms with Crippen LogP contribution in [0.4, 0.5) is 0 Å². The van der Waals surface area contributed by atoms with Crippen LogP contribution in [0.1, 0.15) is 72.6 Å². The molecule has 4 heteroatoms. The van der Waals surface area contributed by atoms with Crippen molar-refractivity contribution in [1.29, 1.82) is 0 Å². The van der Waals surface area contributed by atoms with Gasteiger partial charge in [0.1, 0.15) is 5.78 Å². The smallest absolute Gasteiger partial charge is 0.303 e. The second-order valence-corrected chi connectivity index (χ2v) is 11.0. The number of hydrogen-bond donors (Lipinski definition) is 0. The Kier molecular flexibility index (Phi) is 3.98. The normalized spacial score (nSPS) is 54.1. The fourth-order valence-corrected chi connectivity index (χ4v) is 8.86. The fourth-order valence-electron chi connectivity index (χ4n) is 8.86. The Balaban J connectivity index is 1.49. The molecule has 2 unspecified atom stereocenters. The molecule has 5 saturated carbocycles. The van der Waals surface area contributed by atoms with Crippen LogP contribution in [0.25, 0.3) is 0 Å². The highest BCUT2D eigenvalue weighted by molar-refractivity contribution is 5.89. The number of ketones is 2. The predicted molar refractivity (Wildman–Crippen MR) is 104 cm³/mol. The molecule has 5 rings (SSSR count). The highest BCUT2D eigenvalue weighted by atomic mass is 16.6. The summed E-state index contributed by atoms with van der Waals surface area (Å²) in [5, 5.41) is 0. The summed E-state index contributed by atoms with van der Waals surface area (Å²) in [5.74, 6) is 4.86. The van der Waals surface area contributed by atoms with E-state index in [-0.39, 0.29) is 17.2 Å². The molecule has 0 amide bonds. The van der Waals surface area contributed by atoms with Gasteiger partial charge in [0, 0.05) is 24.7 Å². The lowest BCUT2D eigenvalue weighted by Gasteiger charge is -2.58. The zero-order valence-corrected chi connectivity index (χ0v) is 17.7. The van der Waals surface area contributed by atoms with Gasteiger partial charge < -0.3 is 4.74 Å². The number of Topliss-reactive ketones (excluding diaryl/α,β-unsaturated/α-hetero) is 2. The number of esters is 1. The van der Waals surface area contributed by atoms with E-state index in [1.807, 2.05) is 0 Å². The standard InChI is InChI=1S/C24H34O4/c1-12-9-17-15(22-16(12)11-21(27)18-10-19(18)22)5-7-23(4)20(17)6-8-24(23,13(2)25)28-14(3)26/h12,15-20,22H,5-11H2,1-4H3/t12-,15?,16?,17+,18+,19-,20-,22+,23-,24-/m0/s1. The molecule has 5 aliphatic carbocycles. The van der Waals surface area contributed by atoms with Gasteiger partial charge in [-0.25, -0.2) is 0 Å². The first-order valence-corrected chi connectivity index (χ1v) is 11.4. The monoisotopic (exact) mass is 386 g/mol. The number of fused-ring (bicyclic) bond motifs is 7. The first kappa shape index (κ1) is 18.8. The lowest BCUT2D eigenvalue weighted by atomic mass is 9.47. The van der Waals surface area contributed by atoms with Crippen molar-refractivity contribution in [3.05, 3.63) is 0 Å². The van der Waals surface area contributed by atoms with Crippen molar-refractivity contribution in [2.45, 2.75) is 78.2 Å². The molecule has 4 nitrogen and oxygen atoms in total. The van der Waals surface area contributed by atoms with Crippen LogP contribution in [0.5, 0.6) is 0 Å². The molecule has 0 bridgehead atoms. The molecule has 0 spiro atoms. The molecule has 154 valence electrons. The van der Waals surface area contributed by atoms with Gasteiger partial charge in [0.25, 0.3) is 0 Å². The largest absolute Gasteiger partial charge is 0.451 e. The number of carbonyl (C=O) groups excluding carboxylic acids is 3. The lowest BCUT2D eigenvalue weighted by molar-refractivity contribution is -0.189. The van der Waals surface area contributed by atoms with Crippen molar-refractivity contribution in [2.24, 2.45) is 52.8 Å². The van der Waals surface area contributed by atoms with Crippen molar-refractivity contribution >= 4 is 17.5 Å². The van der Waals surface area contributed by atoms with E-state index >= 15 is 0 Å². The second kappa shape index (κ2) is 5.92. The van der Waals surface area contributed by atoms with Gasteiger partial charge in [0.2, 0.25) is 0 Å². The van der Waals surface area contributed by atoms with Crippen LogP contribution in [-0.2, 0) is 19.1 Å². The maximum absolute atomic E-state index is 12.8. The molecule has 0 N–H and O–H groups in total. The molecule has 0 saturated heterocycles. The van der Waals surface area contributed by atoms with Crippen molar-refractivity contribution in [1.82, 2.24) is 0 Å². The molecule has 0 radical (unpaired) electrons. The van der Waals surface area contributed by atoms with Gasteiger partial charge in [0.05, 0.1) is 0 Å². The van der Waals surface area contributed by atoms with E-state index in [4.69, 9.17) is 4.74 Å². The maximum Gasteiger partial charge on any atom is 0.303 e. The molecule has 0 heterocycles. The predicted octanol–water partition coefficient (Wildman–Crippen LogP) is 4.20. The summed E-state index contributed by atoms with van der Waals surface area (Å²) in [6.07, 6.45) is 6.87. The van der Waals surface area contributed by atoms with Gasteiger partial charge in [-0.05, 0) is 86.9 Å². The van der Waals surface area contributed by atoms with Gasteiger partial charge in [-0.15, -0.1) is 0 Å². The Bertz CT molecular complexity index is 743. The van der Waals surface area contributed by atoms with Crippen LogP contribution in [0.2, 0.25) is 0 Å². The van der Waals surface area contributed by atoms with Crippen LogP contribution in [0, 0.1) is 52.8 Å². The molecule has 0 aliphatic heterocycles. The summed E-state index contributed by atoms with van der Waals surface area (Å²) in [5.41, 5.74) is -1.18. The summed E-state index contributed by atoms with van der Waals surface area (Å²) < 4.78 is 5.86. The zero-order valence-electron chi connectivity index (χ0n) is 17.7. The van der Waals surface area contributed by atoms with Gasteiger partial charge >= 0.3 is 5.97 Å².